The summed E-state index contributed by atoms with van der Waals surface area (Å²) < 4.78 is 0. The third kappa shape index (κ3) is 6.09. The summed E-state index contributed by atoms with van der Waals surface area (Å²) in [5.41, 5.74) is 1.50. The van der Waals surface area contributed by atoms with Gasteiger partial charge in [-0.2, -0.15) is 11.2 Å². The minimum atomic E-state index is -0.987. The highest BCUT2D eigenvalue weighted by molar-refractivity contribution is 8.29. The second kappa shape index (κ2) is 6.85. The van der Waals surface area contributed by atoms with Gasteiger partial charge in [0.15, 0.2) is 0 Å². The normalized spacial score (nSPS) is 18.9. The Balaban J connectivity index is 2.40. The fraction of sp³-hybridized carbons (Fsp3) is 0.923. The molecule has 0 aliphatic heterocycles. The molecular weight excluding hydrogens is 230 g/mol. The zero-order chi connectivity index (χ0) is 12.0. The topological polar surface area (TPSA) is 12.4 Å². The molecule has 0 aromatic heterocycles. The molecule has 1 fully saturated rings. The Kier molecular flexibility index (Phi) is 6.12. The lowest BCUT2D eigenvalue weighted by Crippen LogP contribution is -2.22. The van der Waals surface area contributed by atoms with Gasteiger partial charge in [-0.15, -0.1) is 0 Å². The van der Waals surface area contributed by atoms with E-state index in [4.69, 9.17) is 4.99 Å². The van der Waals surface area contributed by atoms with E-state index in [-0.39, 0.29) is 0 Å². The number of hydrogen-bond donors (Lipinski definition) is 0. The van der Waals surface area contributed by atoms with Crippen LogP contribution in [0.15, 0.2) is 4.99 Å². The van der Waals surface area contributed by atoms with Gasteiger partial charge in [0.25, 0.3) is 0 Å². The number of rotatable bonds is 6. The predicted molar refractivity (Wildman–Crippen MR) is 80.4 cm³/mol. The molecule has 0 bridgehead atoms. The monoisotopic (exact) mass is 257 g/mol. The molecule has 0 aromatic rings. The number of nitrogens with zero attached hydrogens (tertiary/aromatic N) is 1. The lowest BCUT2D eigenvalue weighted by Gasteiger charge is -2.23. The smallest absolute Gasteiger partial charge is 0.108 e. The zero-order valence-electron chi connectivity index (χ0n) is 11.4. The summed E-state index contributed by atoms with van der Waals surface area (Å²) in [5.74, 6) is 0. The van der Waals surface area contributed by atoms with Gasteiger partial charge in [-0.1, -0.05) is 33.0 Å². The highest BCUT2D eigenvalue weighted by Crippen LogP contribution is 2.28. The maximum Gasteiger partial charge on any atom is 0.108 e. The van der Waals surface area contributed by atoms with E-state index in [0.29, 0.717) is 0 Å². The average Bonchev–Trinajstić information content (AvgIpc) is 2.64. The molecule has 1 rings (SSSR count). The first-order chi connectivity index (χ1) is 7.51. The molecule has 0 radical (unpaired) electrons. The number of hydrogen-bond acceptors (Lipinski definition) is 2. The van der Waals surface area contributed by atoms with E-state index < -0.39 is 7.22 Å². The van der Waals surface area contributed by atoms with Crippen LogP contribution < -0.4 is 0 Å². The summed E-state index contributed by atoms with van der Waals surface area (Å²) in [6.07, 6.45) is 7.93. The molecule has 1 aliphatic rings. The maximum absolute atomic E-state index is 4.84. The van der Waals surface area contributed by atoms with Crippen LogP contribution in [0.2, 0.25) is 19.6 Å². The van der Waals surface area contributed by atoms with Gasteiger partial charge in [0.1, 0.15) is 7.22 Å². The summed E-state index contributed by atoms with van der Waals surface area (Å²) in [6.45, 7) is 10.7. The van der Waals surface area contributed by atoms with Gasteiger partial charge in [0, 0.05) is 11.0 Å². The van der Waals surface area contributed by atoms with Gasteiger partial charge < -0.3 is 0 Å². The third-order valence-corrected chi connectivity index (χ3v) is 7.38. The first-order valence-corrected chi connectivity index (χ1v) is 11.8. The van der Waals surface area contributed by atoms with Gasteiger partial charge >= 0.3 is 0 Å². The molecule has 0 spiro atoms. The van der Waals surface area contributed by atoms with Crippen LogP contribution in [-0.2, 0) is 0 Å². The first-order valence-electron chi connectivity index (χ1n) is 6.71. The molecule has 0 heterocycles. The van der Waals surface area contributed by atoms with Crippen LogP contribution in [0.25, 0.3) is 0 Å². The van der Waals surface area contributed by atoms with E-state index in [1.807, 2.05) is 0 Å². The van der Waals surface area contributed by atoms with Crippen molar-refractivity contribution < 1.29 is 0 Å². The minimum absolute atomic E-state index is 0.782. The minimum Gasteiger partial charge on any atom is -0.293 e. The van der Waals surface area contributed by atoms with Crippen molar-refractivity contribution in [3.63, 3.8) is 0 Å². The molecule has 1 nitrogen and oxygen atoms in total. The molecule has 16 heavy (non-hydrogen) atoms. The molecule has 3 heteroatoms. The van der Waals surface area contributed by atoms with Crippen LogP contribution in [0.3, 0.4) is 0 Å². The van der Waals surface area contributed by atoms with Gasteiger partial charge in [0.2, 0.25) is 0 Å². The molecule has 0 aromatic carbocycles. The summed E-state index contributed by atoms with van der Waals surface area (Å²) in [6, 6.07) is 0. The summed E-state index contributed by atoms with van der Waals surface area (Å²) in [7, 11) is -0.987. The van der Waals surface area contributed by atoms with E-state index in [1.165, 1.54) is 44.2 Å². The Morgan fingerprint density at radius 3 is 2.38 bits per heavy atom. The molecule has 0 saturated heterocycles. The van der Waals surface area contributed by atoms with Crippen LogP contribution >= 0.6 is 11.2 Å². The number of aliphatic imine (C=N–C) groups is 1. The van der Waals surface area contributed by atoms with Crippen molar-refractivity contribution in [2.45, 2.75) is 70.3 Å². The van der Waals surface area contributed by atoms with Crippen molar-refractivity contribution in [2.75, 3.05) is 6.54 Å². The van der Waals surface area contributed by atoms with Gasteiger partial charge in [-0.25, -0.2) is 0 Å². The van der Waals surface area contributed by atoms with Gasteiger partial charge in [-0.05, 0) is 32.1 Å². The summed E-state index contributed by atoms with van der Waals surface area (Å²) in [5, 5.41) is 0.782. The molecular formula is C13H27NSSi. The van der Waals surface area contributed by atoms with Crippen LogP contribution in [0.1, 0.15) is 45.4 Å². The highest BCUT2D eigenvalue weighted by atomic mass is 32.4. The second-order valence-electron chi connectivity index (χ2n) is 5.75. The van der Waals surface area contributed by atoms with E-state index in [0.717, 1.165) is 11.8 Å². The summed E-state index contributed by atoms with van der Waals surface area (Å²) >= 11 is 2.24. The van der Waals surface area contributed by atoms with Gasteiger partial charge in [-0.3, -0.25) is 4.99 Å². The molecule has 94 valence electrons. The van der Waals surface area contributed by atoms with Crippen LogP contribution in [-0.4, -0.2) is 24.7 Å². The quantitative estimate of drug-likeness (QED) is 0.626. The van der Waals surface area contributed by atoms with Gasteiger partial charge in [0.05, 0.1) is 6.54 Å². The molecule has 1 unspecified atom stereocenters. The molecule has 1 saturated carbocycles. The lowest BCUT2D eigenvalue weighted by atomic mass is 10.2. The van der Waals surface area contributed by atoms with Crippen LogP contribution in [0, 0.1) is 0 Å². The van der Waals surface area contributed by atoms with Crippen molar-refractivity contribution in [3.8, 4) is 0 Å². The van der Waals surface area contributed by atoms with E-state index in [1.54, 1.807) is 0 Å². The lowest BCUT2D eigenvalue weighted by molar-refractivity contribution is 0.746. The third-order valence-electron chi connectivity index (χ3n) is 2.83. The van der Waals surface area contributed by atoms with Crippen molar-refractivity contribution >= 4 is 24.1 Å². The molecule has 0 amide bonds. The fourth-order valence-corrected chi connectivity index (χ4v) is 7.26. The van der Waals surface area contributed by atoms with E-state index in [2.05, 4.69) is 37.8 Å². The standard InChI is InChI=1S/C13H27NSSi/c1-5-8-13(15-16(2,3)4)11-14-12-9-6-7-10-12/h13H,5-11H2,1-4H3. The Morgan fingerprint density at radius 1 is 1.25 bits per heavy atom. The van der Waals surface area contributed by atoms with Crippen LogP contribution in [0.5, 0.6) is 0 Å². The molecule has 0 N–H and O–H groups in total. The highest BCUT2D eigenvalue weighted by Gasteiger charge is 2.20. The van der Waals surface area contributed by atoms with Crippen molar-refractivity contribution in [3.05, 3.63) is 0 Å². The maximum atomic E-state index is 4.84. The zero-order valence-corrected chi connectivity index (χ0v) is 13.2. The van der Waals surface area contributed by atoms with Crippen molar-refractivity contribution in [2.24, 2.45) is 4.99 Å². The second-order valence-corrected chi connectivity index (χ2v) is 15.3. The Labute approximate surface area is 106 Å². The Hall–Kier alpha value is 0.237. The van der Waals surface area contributed by atoms with Crippen molar-refractivity contribution in [1.29, 1.82) is 0 Å². The fourth-order valence-electron chi connectivity index (χ4n) is 2.18. The van der Waals surface area contributed by atoms with E-state index >= 15 is 0 Å². The van der Waals surface area contributed by atoms with Crippen LogP contribution in [0.4, 0.5) is 0 Å². The molecule has 1 aliphatic carbocycles. The first kappa shape index (κ1) is 14.3. The van der Waals surface area contributed by atoms with Crippen molar-refractivity contribution in [1.82, 2.24) is 0 Å². The Morgan fingerprint density at radius 2 is 1.88 bits per heavy atom. The summed E-state index contributed by atoms with van der Waals surface area (Å²) in [4.78, 5) is 4.84. The SMILES string of the molecule is CCCC(CN=C1CCCC1)S[Si](C)(C)C. The Bertz CT molecular complexity index is 225. The van der Waals surface area contributed by atoms with E-state index in [9.17, 15) is 0 Å². The largest absolute Gasteiger partial charge is 0.293 e. The average molecular weight is 258 g/mol. The predicted octanol–water partition coefficient (Wildman–Crippen LogP) is 4.74. The molecule has 1 atom stereocenters.